The van der Waals surface area contributed by atoms with E-state index in [-0.39, 0.29) is 17.1 Å². The summed E-state index contributed by atoms with van der Waals surface area (Å²) < 4.78 is 23.9. The molecule has 0 atom stereocenters. The first kappa shape index (κ1) is 14.6. The standard InChI is InChI=1S/C11H17BrFNO2Si/c1-17(2,3)7-6-15-8-16-11-10(12)9(13)4-5-14-11/h4-5H,6-8H2,1-3H3. The van der Waals surface area contributed by atoms with Gasteiger partial charge in [-0.05, 0) is 28.0 Å². The maximum Gasteiger partial charge on any atom is 0.233 e. The molecule has 3 nitrogen and oxygen atoms in total. The Bertz CT molecular complexity index is 371. The summed E-state index contributed by atoms with van der Waals surface area (Å²) in [6.45, 7) is 7.61. The van der Waals surface area contributed by atoms with Gasteiger partial charge in [-0.3, -0.25) is 0 Å². The molecule has 1 aromatic heterocycles. The molecule has 1 heterocycles. The fraction of sp³-hybridized carbons (Fsp3) is 0.545. The second-order valence-electron chi connectivity index (χ2n) is 4.89. The topological polar surface area (TPSA) is 31.4 Å². The number of hydrogen-bond donors (Lipinski definition) is 0. The summed E-state index contributed by atoms with van der Waals surface area (Å²) in [4.78, 5) is 3.91. The van der Waals surface area contributed by atoms with Crippen LogP contribution in [0.15, 0.2) is 16.7 Å². The quantitative estimate of drug-likeness (QED) is 0.455. The van der Waals surface area contributed by atoms with E-state index in [1.165, 1.54) is 12.3 Å². The van der Waals surface area contributed by atoms with Crippen LogP contribution in [-0.4, -0.2) is 26.5 Å². The highest BCUT2D eigenvalue weighted by atomic mass is 79.9. The summed E-state index contributed by atoms with van der Waals surface area (Å²) in [6, 6.07) is 2.34. The van der Waals surface area contributed by atoms with Crippen LogP contribution < -0.4 is 4.74 Å². The zero-order valence-electron chi connectivity index (χ0n) is 10.3. The number of ether oxygens (including phenoxy) is 2. The molecule has 96 valence electrons. The molecule has 0 aliphatic rings. The fourth-order valence-electron chi connectivity index (χ4n) is 1.04. The molecule has 0 aliphatic heterocycles. The molecule has 0 saturated carbocycles. The first-order valence-corrected chi connectivity index (χ1v) is 9.91. The van der Waals surface area contributed by atoms with E-state index in [9.17, 15) is 4.39 Å². The van der Waals surface area contributed by atoms with Crippen molar-refractivity contribution in [2.75, 3.05) is 13.4 Å². The van der Waals surface area contributed by atoms with Gasteiger partial charge in [0.25, 0.3) is 0 Å². The van der Waals surface area contributed by atoms with Crippen LogP contribution in [0.1, 0.15) is 0 Å². The molecule has 0 aliphatic carbocycles. The molecule has 17 heavy (non-hydrogen) atoms. The number of pyridine rings is 1. The van der Waals surface area contributed by atoms with Crippen molar-refractivity contribution in [3.05, 3.63) is 22.6 Å². The van der Waals surface area contributed by atoms with Crippen LogP contribution in [0.5, 0.6) is 5.88 Å². The van der Waals surface area contributed by atoms with E-state index in [4.69, 9.17) is 9.47 Å². The predicted molar refractivity (Wildman–Crippen MR) is 71.5 cm³/mol. The molecule has 1 rings (SSSR count). The molecule has 6 heteroatoms. The van der Waals surface area contributed by atoms with Gasteiger partial charge in [0.15, 0.2) is 6.79 Å². The van der Waals surface area contributed by atoms with E-state index in [1.807, 2.05) is 0 Å². The zero-order valence-corrected chi connectivity index (χ0v) is 12.9. The summed E-state index contributed by atoms with van der Waals surface area (Å²) in [7, 11) is -1.07. The molecule has 0 saturated heterocycles. The molecular weight excluding hydrogens is 305 g/mol. The van der Waals surface area contributed by atoms with Crippen molar-refractivity contribution >= 4 is 24.0 Å². The van der Waals surface area contributed by atoms with E-state index >= 15 is 0 Å². The summed E-state index contributed by atoms with van der Waals surface area (Å²) in [5.41, 5.74) is 0. The third-order valence-electron chi connectivity index (χ3n) is 2.09. The van der Waals surface area contributed by atoms with Crippen LogP contribution in [0.4, 0.5) is 4.39 Å². The van der Waals surface area contributed by atoms with Gasteiger partial charge in [-0.2, -0.15) is 0 Å². The molecule has 0 amide bonds. The maximum atomic E-state index is 13.1. The van der Waals surface area contributed by atoms with Crippen molar-refractivity contribution in [1.82, 2.24) is 4.98 Å². The minimum Gasteiger partial charge on any atom is -0.450 e. The highest BCUT2D eigenvalue weighted by molar-refractivity contribution is 9.10. The molecule has 0 unspecified atom stereocenters. The van der Waals surface area contributed by atoms with Crippen molar-refractivity contribution in [3.63, 3.8) is 0 Å². The van der Waals surface area contributed by atoms with Crippen LogP contribution in [0.2, 0.25) is 25.7 Å². The largest absolute Gasteiger partial charge is 0.450 e. The Kier molecular flexibility index (Phi) is 5.55. The highest BCUT2D eigenvalue weighted by Gasteiger charge is 2.12. The first-order chi connectivity index (χ1) is 7.90. The lowest BCUT2D eigenvalue weighted by molar-refractivity contribution is 0.0186. The van der Waals surface area contributed by atoms with Gasteiger partial charge >= 0.3 is 0 Å². The van der Waals surface area contributed by atoms with Crippen LogP contribution in [0, 0.1) is 5.82 Å². The Labute approximate surface area is 110 Å². The van der Waals surface area contributed by atoms with Gasteiger partial charge in [0.1, 0.15) is 10.3 Å². The predicted octanol–water partition coefficient (Wildman–Crippen LogP) is 3.67. The average Bonchev–Trinajstić information content (AvgIpc) is 2.22. The monoisotopic (exact) mass is 321 g/mol. The summed E-state index contributed by atoms with van der Waals surface area (Å²) in [6.07, 6.45) is 1.36. The molecule has 0 bridgehead atoms. The second-order valence-corrected chi connectivity index (χ2v) is 11.3. The molecule has 0 spiro atoms. The third-order valence-corrected chi connectivity index (χ3v) is 4.51. The Morgan fingerprint density at radius 3 is 2.76 bits per heavy atom. The molecule has 0 radical (unpaired) electrons. The molecule has 1 aromatic rings. The van der Waals surface area contributed by atoms with Crippen molar-refractivity contribution < 1.29 is 13.9 Å². The Morgan fingerprint density at radius 2 is 2.12 bits per heavy atom. The summed E-state index contributed by atoms with van der Waals surface area (Å²) in [5, 5.41) is 0. The van der Waals surface area contributed by atoms with Crippen LogP contribution in [-0.2, 0) is 4.74 Å². The molecule has 0 fully saturated rings. The van der Waals surface area contributed by atoms with Gasteiger partial charge in [-0.25, -0.2) is 9.37 Å². The Hall–Kier alpha value is -0.463. The maximum absolute atomic E-state index is 13.1. The van der Waals surface area contributed by atoms with Crippen molar-refractivity contribution in [2.24, 2.45) is 0 Å². The van der Waals surface area contributed by atoms with E-state index < -0.39 is 13.9 Å². The van der Waals surface area contributed by atoms with Gasteiger partial charge < -0.3 is 9.47 Å². The number of nitrogens with zero attached hydrogens (tertiary/aromatic N) is 1. The van der Waals surface area contributed by atoms with Crippen LogP contribution >= 0.6 is 15.9 Å². The molecule has 0 N–H and O–H groups in total. The van der Waals surface area contributed by atoms with Crippen molar-refractivity contribution in [2.45, 2.75) is 25.7 Å². The fourth-order valence-corrected chi connectivity index (χ4v) is 2.14. The normalized spacial score (nSPS) is 11.6. The SMILES string of the molecule is C[Si](C)(C)CCOCOc1nccc(F)c1Br. The average molecular weight is 322 g/mol. The number of aromatic nitrogens is 1. The van der Waals surface area contributed by atoms with Gasteiger partial charge in [0.2, 0.25) is 5.88 Å². The minimum atomic E-state index is -1.07. The minimum absolute atomic E-state index is 0.0968. The van der Waals surface area contributed by atoms with E-state index in [2.05, 4.69) is 40.6 Å². The Morgan fingerprint density at radius 1 is 1.41 bits per heavy atom. The summed E-state index contributed by atoms with van der Waals surface area (Å²) >= 11 is 3.07. The zero-order chi connectivity index (χ0) is 12.9. The lowest BCUT2D eigenvalue weighted by atomic mass is 10.5. The number of halogens is 2. The third kappa shape index (κ3) is 5.61. The van der Waals surface area contributed by atoms with E-state index in [0.717, 1.165) is 6.04 Å². The second kappa shape index (κ2) is 6.46. The van der Waals surface area contributed by atoms with Gasteiger partial charge in [-0.15, -0.1) is 0 Å². The van der Waals surface area contributed by atoms with E-state index in [0.29, 0.717) is 6.61 Å². The van der Waals surface area contributed by atoms with Gasteiger partial charge in [0, 0.05) is 20.9 Å². The summed E-state index contributed by atoms with van der Waals surface area (Å²) in [5.74, 6) is -0.171. The lowest BCUT2D eigenvalue weighted by Gasteiger charge is -2.15. The first-order valence-electron chi connectivity index (χ1n) is 5.41. The Balaban J connectivity index is 2.29. The van der Waals surface area contributed by atoms with E-state index in [1.54, 1.807) is 0 Å². The molecule has 0 aromatic carbocycles. The smallest absolute Gasteiger partial charge is 0.233 e. The van der Waals surface area contributed by atoms with Gasteiger partial charge in [0.05, 0.1) is 0 Å². The van der Waals surface area contributed by atoms with Crippen LogP contribution in [0.3, 0.4) is 0 Å². The molecular formula is C11H17BrFNO2Si. The van der Waals surface area contributed by atoms with Gasteiger partial charge in [-0.1, -0.05) is 19.6 Å². The number of hydrogen-bond acceptors (Lipinski definition) is 3. The number of rotatable bonds is 6. The highest BCUT2D eigenvalue weighted by Crippen LogP contribution is 2.24. The van der Waals surface area contributed by atoms with Crippen molar-refractivity contribution in [3.8, 4) is 5.88 Å². The lowest BCUT2D eigenvalue weighted by Crippen LogP contribution is -2.22. The van der Waals surface area contributed by atoms with Crippen LogP contribution in [0.25, 0.3) is 0 Å². The van der Waals surface area contributed by atoms with Crippen molar-refractivity contribution in [1.29, 1.82) is 0 Å².